The van der Waals surface area contributed by atoms with E-state index >= 15 is 0 Å². The van der Waals surface area contributed by atoms with Crippen molar-refractivity contribution in [3.8, 4) is 0 Å². The summed E-state index contributed by atoms with van der Waals surface area (Å²) in [5, 5.41) is 3.23. The number of nitrogen functional groups attached to an aromatic ring is 1. The highest BCUT2D eigenvalue weighted by Gasteiger charge is 2.21. The number of nitrogens with zero attached hydrogens (tertiary/aromatic N) is 1. The first-order chi connectivity index (χ1) is 11.6. The molecule has 0 saturated heterocycles. The lowest BCUT2D eigenvalue weighted by molar-refractivity contribution is -0.122. The molecule has 4 heteroatoms. The van der Waals surface area contributed by atoms with Crippen LogP contribution in [0, 0.1) is 0 Å². The Morgan fingerprint density at radius 2 is 2.00 bits per heavy atom. The number of hydrogen-bond donors (Lipinski definition) is 2. The van der Waals surface area contributed by atoms with Gasteiger partial charge >= 0.3 is 0 Å². The first kappa shape index (κ1) is 18.8. The van der Waals surface area contributed by atoms with E-state index in [9.17, 15) is 4.79 Å². The summed E-state index contributed by atoms with van der Waals surface area (Å²) in [6.07, 6.45) is 7.11. The number of fused-ring (bicyclic) bond motifs is 1. The van der Waals surface area contributed by atoms with E-state index in [0.29, 0.717) is 6.42 Å². The third-order valence-corrected chi connectivity index (χ3v) is 4.77. The Labute approximate surface area is 146 Å². The Balaban J connectivity index is 1.81. The van der Waals surface area contributed by atoms with Gasteiger partial charge in [-0.2, -0.15) is 0 Å². The standard InChI is InChI=1S/C20H33N3O/c1-3-12-23(13-4-2)14-6-9-20(24)22-19-8-5-7-16-15-17(21)10-11-18(16)19/h10-11,15,19H,3-9,12-14,21H2,1-2H3,(H,22,24). The largest absolute Gasteiger partial charge is 0.399 e. The summed E-state index contributed by atoms with van der Waals surface area (Å²) in [4.78, 5) is 14.8. The zero-order valence-electron chi connectivity index (χ0n) is 15.3. The Morgan fingerprint density at radius 3 is 2.71 bits per heavy atom. The second-order valence-corrected chi connectivity index (χ2v) is 6.92. The van der Waals surface area contributed by atoms with Crippen molar-refractivity contribution in [2.24, 2.45) is 0 Å². The normalized spacial score (nSPS) is 16.9. The van der Waals surface area contributed by atoms with Crippen LogP contribution in [-0.4, -0.2) is 30.4 Å². The summed E-state index contributed by atoms with van der Waals surface area (Å²) >= 11 is 0. The highest BCUT2D eigenvalue weighted by atomic mass is 16.1. The minimum absolute atomic E-state index is 0.157. The molecule has 134 valence electrons. The molecule has 0 heterocycles. The molecule has 0 aromatic heterocycles. The first-order valence-corrected chi connectivity index (χ1v) is 9.54. The summed E-state index contributed by atoms with van der Waals surface area (Å²) in [5.74, 6) is 0.178. The Kier molecular flexibility index (Phi) is 7.57. The van der Waals surface area contributed by atoms with Gasteiger partial charge in [0.1, 0.15) is 0 Å². The number of hydrogen-bond acceptors (Lipinski definition) is 3. The van der Waals surface area contributed by atoms with Gasteiger partial charge in [0.15, 0.2) is 0 Å². The molecule has 0 radical (unpaired) electrons. The SMILES string of the molecule is CCCN(CCC)CCCC(=O)NC1CCCc2cc(N)ccc21. The molecule has 0 aliphatic heterocycles. The van der Waals surface area contributed by atoms with Crippen molar-refractivity contribution in [3.63, 3.8) is 0 Å². The van der Waals surface area contributed by atoms with E-state index in [4.69, 9.17) is 5.73 Å². The quantitative estimate of drug-likeness (QED) is 0.679. The van der Waals surface area contributed by atoms with Crippen molar-refractivity contribution in [2.45, 2.75) is 64.8 Å². The van der Waals surface area contributed by atoms with Crippen molar-refractivity contribution in [1.82, 2.24) is 10.2 Å². The molecule has 2 rings (SSSR count). The molecule has 1 aromatic rings. The van der Waals surface area contributed by atoms with E-state index in [-0.39, 0.29) is 11.9 Å². The molecule has 0 fully saturated rings. The molecule has 1 aliphatic rings. The van der Waals surface area contributed by atoms with Crippen LogP contribution in [0.1, 0.15) is 69.5 Å². The van der Waals surface area contributed by atoms with Crippen molar-refractivity contribution in [1.29, 1.82) is 0 Å². The molecule has 0 spiro atoms. The van der Waals surface area contributed by atoms with Crippen molar-refractivity contribution in [2.75, 3.05) is 25.4 Å². The fraction of sp³-hybridized carbons (Fsp3) is 0.650. The third kappa shape index (κ3) is 5.52. The Hall–Kier alpha value is -1.55. The number of anilines is 1. The summed E-state index contributed by atoms with van der Waals surface area (Å²) < 4.78 is 0. The molecule has 1 aliphatic carbocycles. The number of aryl methyl sites for hydroxylation is 1. The number of benzene rings is 1. The van der Waals surface area contributed by atoms with Crippen LogP contribution in [0.15, 0.2) is 18.2 Å². The summed E-state index contributed by atoms with van der Waals surface area (Å²) in [6.45, 7) is 7.71. The maximum atomic E-state index is 12.3. The fourth-order valence-corrected chi connectivity index (χ4v) is 3.68. The highest BCUT2D eigenvalue weighted by molar-refractivity contribution is 5.76. The van der Waals surface area contributed by atoms with Crippen molar-refractivity contribution >= 4 is 11.6 Å². The molecule has 1 unspecified atom stereocenters. The van der Waals surface area contributed by atoms with E-state index in [1.807, 2.05) is 6.07 Å². The van der Waals surface area contributed by atoms with Crippen LogP contribution < -0.4 is 11.1 Å². The van der Waals surface area contributed by atoms with Gasteiger partial charge < -0.3 is 16.0 Å². The van der Waals surface area contributed by atoms with Crippen LogP contribution >= 0.6 is 0 Å². The van der Waals surface area contributed by atoms with Crippen LogP contribution in [-0.2, 0) is 11.2 Å². The Bertz CT molecular complexity index is 524. The molecule has 3 N–H and O–H groups in total. The maximum absolute atomic E-state index is 12.3. The summed E-state index contributed by atoms with van der Waals surface area (Å²) in [7, 11) is 0. The van der Waals surface area contributed by atoms with Crippen molar-refractivity contribution < 1.29 is 4.79 Å². The van der Waals surface area contributed by atoms with Crippen LogP contribution in [0.3, 0.4) is 0 Å². The second kappa shape index (κ2) is 9.67. The van der Waals surface area contributed by atoms with Gasteiger partial charge in [-0.1, -0.05) is 19.9 Å². The fourth-order valence-electron chi connectivity index (χ4n) is 3.68. The molecule has 1 atom stereocenters. The molecule has 0 saturated carbocycles. The number of carbonyl (C=O) groups excluding carboxylic acids is 1. The molecule has 24 heavy (non-hydrogen) atoms. The van der Waals surface area contributed by atoms with Gasteiger partial charge in [-0.25, -0.2) is 0 Å². The number of rotatable bonds is 9. The number of nitrogens with two attached hydrogens (primary N) is 1. The average molecular weight is 332 g/mol. The molecule has 1 amide bonds. The van der Waals surface area contributed by atoms with E-state index < -0.39 is 0 Å². The minimum atomic E-state index is 0.157. The van der Waals surface area contributed by atoms with Crippen LogP contribution in [0.5, 0.6) is 0 Å². The first-order valence-electron chi connectivity index (χ1n) is 9.54. The predicted octanol–water partition coefficient (Wildman–Crippen LogP) is 3.66. The molecule has 4 nitrogen and oxygen atoms in total. The number of nitrogens with one attached hydrogen (secondary N) is 1. The molecule has 1 aromatic carbocycles. The minimum Gasteiger partial charge on any atom is -0.399 e. The zero-order chi connectivity index (χ0) is 17.4. The third-order valence-electron chi connectivity index (χ3n) is 4.77. The van der Waals surface area contributed by atoms with Gasteiger partial charge in [0.2, 0.25) is 5.91 Å². The summed E-state index contributed by atoms with van der Waals surface area (Å²) in [6, 6.07) is 6.24. The maximum Gasteiger partial charge on any atom is 0.220 e. The van der Waals surface area contributed by atoms with Gasteiger partial charge in [-0.3, -0.25) is 4.79 Å². The van der Waals surface area contributed by atoms with Crippen LogP contribution in [0.4, 0.5) is 5.69 Å². The van der Waals surface area contributed by atoms with Gasteiger partial charge in [-0.15, -0.1) is 0 Å². The highest BCUT2D eigenvalue weighted by Crippen LogP contribution is 2.31. The van der Waals surface area contributed by atoms with Crippen molar-refractivity contribution in [3.05, 3.63) is 29.3 Å². The lowest BCUT2D eigenvalue weighted by Gasteiger charge is -2.27. The summed E-state index contributed by atoms with van der Waals surface area (Å²) in [5.41, 5.74) is 9.24. The Morgan fingerprint density at radius 1 is 1.25 bits per heavy atom. The monoisotopic (exact) mass is 331 g/mol. The average Bonchev–Trinajstić information content (AvgIpc) is 2.55. The van der Waals surface area contributed by atoms with E-state index in [2.05, 4.69) is 36.2 Å². The van der Waals surface area contributed by atoms with Gasteiger partial charge in [-0.05, 0) is 81.4 Å². The molecular weight excluding hydrogens is 298 g/mol. The van der Waals surface area contributed by atoms with E-state index in [1.165, 1.54) is 24.0 Å². The van der Waals surface area contributed by atoms with Crippen LogP contribution in [0.2, 0.25) is 0 Å². The smallest absolute Gasteiger partial charge is 0.220 e. The van der Waals surface area contributed by atoms with Gasteiger partial charge in [0.05, 0.1) is 6.04 Å². The lowest BCUT2D eigenvalue weighted by atomic mass is 9.87. The van der Waals surface area contributed by atoms with Gasteiger partial charge in [0, 0.05) is 12.1 Å². The predicted molar refractivity (Wildman–Crippen MR) is 101 cm³/mol. The number of carbonyl (C=O) groups is 1. The lowest BCUT2D eigenvalue weighted by Crippen LogP contribution is -2.32. The van der Waals surface area contributed by atoms with E-state index in [1.54, 1.807) is 0 Å². The van der Waals surface area contributed by atoms with E-state index in [0.717, 1.165) is 51.0 Å². The van der Waals surface area contributed by atoms with Gasteiger partial charge in [0.25, 0.3) is 0 Å². The van der Waals surface area contributed by atoms with Crippen LogP contribution in [0.25, 0.3) is 0 Å². The molecular formula is C20H33N3O. The second-order valence-electron chi connectivity index (χ2n) is 6.92. The zero-order valence-corrected chi connectivity index (χ0v) is 15.3. The topological polar surface area (TPSA) is 58.4 Å². The molecule has 0 bridgehead atoms. The number of amides is 1.